The van der Waals surface area contributed by atoms with Crippen molar-refractivity contribution in [2.24, 2.45) is 0 Å². The maximum absolute atomic E-state index is 12.1. The van der Waals surface area contributed by atoms with Crippen LogP contribution in [0.25, 0.3) is 0 Å². The first-order valence-electron chi connectivity index (χ1n) is 7.05. The Kier molecular flexibility index (Phi) is 4.52. The molecule has 0 radical (unpaired) electrons. The first-order valence-corrected chi connectivity index (χ1v) is 7.84. The molecule has 1 N–H and O–H groups in total. The highest BCUT2D eigenvalue weighted by atomic mass is 79.9. The zero-order valence-electron chi connectivity index (χ0n) is 12.4. The standard InChI is InChI=1S/C17H14BrN3O2/c1-11-5-7-12(8-6-11)9-15-20-21-17(23-15)19-16(22)13-3-2-4-14(18)10-13/h2-8,10H,9H2,1H3,(H,19,21,22). The lowest BCUT2D eigenvalue weighted by molar-refractivity contribution is 0.102. The van der Waals surface area contributed by atoms with Gasteiger partial charge in [-0.15, -0.1) is 5.10 Å². The molecule has 0 atom stereocenters. The highest BCUT2D eigenvalue weighted by molar-refractivity contribution is 9.10. The van der Waals surface area contributed by atoms with Gasteiger partial charge in [0, 0.05) is 10.0 Å². The summed E-state index contributed by atoms with van der Waals surface area (Å²) in [4.78, 5) is 12.1. The van der Waals surface area contributed by atoms with Crippen LogP contribution < -0.4 is 5.32 Å². The summed E-state index contributed by atoms with van der Waals surface area (Å²) in [5, 5.41) is 10.4. The molecule has 0 saturated heterocycles. The number of benzene rings is 2. The van der Waals surface area contributed by atoms with Gasteiger partial charge < -0.3 is 4.42 Å². The Morgan fingerprint density at radius 1 is 1.17 bits per heavy atom. The molecule has 2 aromatic carbocycles. The number of aromatic nitrogens is 2. The van der Waals surface area contributed by atoms with Gasteiger partial charge in [-0.2, -0.15) is 0 Å². The lowest BCUT2D eigenvalue weighted by Crippen LogP contribution is -2.11. The predicted molar refractivity (Wildman–Crippen MR) is 90.4 cm³/mol. The number of amides is 1. The van der Waals surface area contributed by atoms with Crippen molar-refractivity contribution in [3.8, 4) is 0 Å². The third kappa shape index (κ3) is 4.04. The van der Waals surface area contributed by atoms with E-state index in [-0.39, 0.29) is 11.9 Å². The van der Waals surface area contributed by atoms with E-state index in [1.54, 1.807) is 18.2 Å². The summed E-state index contributed by atoms with van der Waals surface area (Å²) >= 11 is 3.33. The molecule has 23 heavy (non-hydrogen) atoms. The Balaban J connectivity index is 1.67. The van der Waals surface area contributed by atoms with Gasteiger partial charge in [-0.1, -0.05) is 56.9 Å². The summed E-state index contributed by atoms with van der Waals surface area (Å²) in [5.41, 5.74) is 2.78. The van der Waals surface area contributed by atoms with Gasteiger partial charge in [-0.3, -0.25) is 10.1 Å². The van der Waals surface area contributed by atoms with E-state index < -0.39 is 0 Å². The van der Waals surface area contributed by atoms with Gasteiger partial charge >= 0.3 is 6.01 Å². The van der Waals surface area contributed by atoms with E-state index in [9.17, 15) is 4.79 Å². The number of carbonyl (C=O) groups is 1. The van der Waals surface area contributed by atoms with Gasteiger partial charge in [0.15, 0.2) is 0 Å². The topological polar surface area (TPSA) is 68.0 Å². The minimum atomic E-state index is -0.295. The van der Waals surface area contributed by atoms with Gasteiger partial charge in [0.05, 0.1) is 6.42 Å². The van der Waals surface area contributed by atoms with E-state index in [4.69, 9.17) is 4.42 Å². The van der Waals surface area contributed by atoms with E-state index in [1.165, 1.54) is 5.56 Å². The number of anilines is 1. The van der Waals surface area contributed by atoms with Gasteiger partial charge in [0.25, 0.3) is 5.91 Å². The van der Waals surface area contributed by atoms with E-state index >= 15 is 0 Å². The number of nitrogens with one attached hydrogen (secondary N) is 1. The number of hydrogen-bond acceptors (Lipinski definition) is 4. The van der Waals surface area contributed by atoms with Crippen LogP contribution in [0.1, 0.15) is 27.4 Å². The zero-order chi connectivity index (χ0) is 16.2. The monoisotopic (exact) mass is 371 g/mol. The molecule has 116 valence electrons. The van der Waals surface area contributed by atoms with Crippen LogP contribution in [0.15, 0.2) is 57.4 Å². The summed E-state index contributed by atoms with van der Waals surface area (Å²) in [6.45, 7) is 2.03. The van der Waals surface area contributed by atoms with Crippen molar-refractivity contribution in [3.05, 3.63) is 75.6 Å². The van der Waals surface area contributed by atoms with Crippen molar-refractivity contribution < 1.29 is 9.21 Å². The van der Waals surface area contributed by atoms with Crippen molar-refractivity contribution in [2.45, 2.75) is 13.3 Å². The average Bonchev–Trinajstić information content (AvgIpc) is 2.96. The summed E-state index contributed by atoms with van der Waals surface area (Å²) in [6.07, 6.45) is 0.528. The summed E-state index contributed by atoms with van der Waals surface area (Å²) < 4.78 is 6.30. The maximum atomic E-state index is 12.1. The van der Waals surface area contributed by atoms with Crippen LogP contribution in [0.3, 0.4) is 0 Å². The minimum Gasteiger partial charge on any atom is -0.407 e. The molecule has 0 spiro atoms. The predicted octanol–water partition coefficient (Wildman–Crippen LogP) is 3.98. The van der Waals surface area contributed by atoms with E-state index in [2.05, 4.69) is 31.4 Å². The quantitative estimate of drug-likeness (QED) is 0.752. The molecule has 0 saturated carbocycles. The molecule has 0 aliphatic carbocycles. The number of rotatable bonds is 4. The highest BCUT2D eigenvalue weighted by Crippen LogP contribution is 2.15. The molecule has 5 nitrogen and oxygen atoms in total. The average molecular weight is 372 g/mol. The zero-order valence-corrected chi connectivity index (χ0v) is 14.0. The smallest absolute Gasteiger partial charge is 0.322 e. The first kappa shape index (κ1) is 15.4. The fourth-order valence-electron chi connectivity index (χ4n) is 2.06. The summed E-state index contributed by atoms with van der Waals surface area (Å²) in [7, 11) is 0. The van der Waals surface area contributed by atoms with E-state index in [0.717, 1.165) is 10.0 Å². The summed E-state index contributed by atoms with van der Waals surface area (Å²) in [6, 6.07) is 15.3. The molecule has 0 bridgehead atoms. The van der Waals surface area contributed by atoms with Crippen LogP contribution in [-0.4, -0.2) is 16.1 Å². The Hall–Kier alpha value is -2.47. The van der Waals surface area contributed by atoms with Gasteiger partial charge in [0.2, 0.25) is 5.89 Å². The second-order valence-corrected chi connectivity index (χ2v) is 6.04. The molecule has 3 rings (SSSR count). The maximum Gasteiger partial charge on any atom is 0.322 e. The molecule has 1 aromatic heterocycles. The van der Waals surface area contributed by atoms with E-state index in [1.807, 2.05) is 37.3 Å². The molecule has 1 amide bonds. The second-order valence-electron chi connectivity index (χ2n) is 5.13. The van der Waals surface area contributed by atoms with Crippen molar-refractivity contribution in [1.82, 2.24) is 10.2 Å². The SMILES string of the molecule is Cc1ccc(Cc2nnc(NC(=O)c3cccc(Br)c3)o2)cc1. The molecule has 0 unspecified atom stereocenters. The Bertz CT molecular complexity index is 828. The molecule has 0 fully saturated rings. The molecule has 1 heterocycles. The van der Waals surface area contributed by atoms with Crippen molar-refractivity contribution in [2.75, 3.05) is 5.32 Å². The Morgan fingerprint density at radius 2 is 1.96 bits per heavy atom. The number of hydrogen-bond donors (Lipinski definition) is 1. The van der Waals surface area contributed by atoms with Crippen molar-refractivity contribution in [3.63, 3.8) is 0 Å². The van der Waals surface area contributed by atoms with Crippen molar-refractivity contribution in [1.29, 1.82) is 0 Å². The largest absolute Gasteiger partial charge is 0.407 e. The number of carbonyl (C=O) groups excluding carboxylic acids is 1. The van der Waals surface area contributed by atoms with Gasteiger partial charge in [-0.25, -0.2) is 0 Å². The Morgan fingerprint density at radius 3 is 2.70 bits per heavy atom. The molecular formula is C17H14BrN3O2. The number of halogens is 1. The molecule has 3 aromatic rings. The van der Waals surface area contributed by atoms with Crippen LogP contribution >= 0.6 is 15.9 Å². The minimum absolute atomic E-state index is 0.0945. The van der Waals surface area contributed by atoms with Gasteiger partial charge in [-0.05, 0) is 30.7 Å². The molecule has 0 aliphatic rings. The lowest BCUT2D eigenvalue weighted by Gasteiger charge is -2.01. The van der Waals surface area contributed by atoms with Crippen LogP contribution in [0.4, 0.5) is 6.01 Å². The third-order valence-corrected chi connectivity index (χ3v) is 3.74. The van der Waals surface area contributed by atoms with Gasteiger partial charge in [0.1, 0.15) is 0 Å². The first-order chi connectivity index (χ1) is 11.1. The fraction of sp³-hybridized carbons (Fsp3) is 0.118. The number of nitrogens with zero attached hydrogens (tertiary/aromatic N) is 2. The molecular weight excluding hydrogens is 358 g/mol. The van der Waals surface area contributed by atoms with Crippen LogP contribution in [0, 0.1) is 6.92 Å². The summed E-state index contributed by atoms with van der Waals surface area (Å²) in [5.74, 6) is 0.162. The number of aryl methyl sites for hydroxylation is 1. The fourth-order valence-corrected chi connectivity index (χ4v) is 2.45. The molecule has 6 heteroatoms. The highest BCUT2D eigenvalue weighted by Gasteiger charge is 2.12. The molecule has 0 aliphatic heterocycles. The van der Waals surface area contributed by atoms with Crippen LogP contribution in [0.5, 0.6) is 0 Å². The second kappa shape index (κ2) is 6.75. The van der Waals surface area contributed by atoms with Crippen molar-refractivity contribution >= 4 is 27.9 Å². The van der Waals surface area contributed by atoms with Crippen LogP contribution in [-0.2, 0) is 6.42 Å². The van der Waals surface area contributed by atoms with Crippen LogP contribution in [0.2, 0.25) is 0 Å². The lowest BCUT2D eigenvalue weighted by atomic mass is 10.1. The Labute approximate surface area is 141 Å². The van der Waals surface area contributed by atoms with E-state index in [0.29, 0.717) is 17.9 Å². The normalized spacial score (nSPS) is 10.5. The third-order valence-electron chi connectivity index (χ3n) is 3.25.